The van der Waals surface area contributed by atoms with Crippen LogP contribution < -0.4 is 11.3 Å². The Hall–Kier alpha value is -0.610. The molecule has 4 nitrogen and oxygen atoms in total. The topological polar surface area (TPSA) is 58.4 Å². The third-order valence-electron chi connectivity index (χ3n) is 2.91. The predicted molar refractivity (Wildman–Crippen MR) is 51.8 cm³/mol. The van der Waals surface area contributed by atoms with Crippen molar-refractivity contribution in [1.29, 1.82) is 0 Å². The van der Waals surface area contributed by atoms with Gasteiger partial charge >= 0.3 is 0 Å². The van der Waals surface area contributed by atoms with E-state index in [1.54, 1.807) is 0 Å². The molecule has 0 aliphatic carbocycles. The molecule has 1 aliphatic heterocycles. The van der Waals surface area contributed by atoms with Crippen LogP contribution in [0, 0.1) is 0 Å². The summed E-state index contributed by atoms with van der Waals surface area (Å²) < 4.78 is 0. The monoisotopic (exact) mass is 185 g/mol. The van der Waals surface area contributed by atoms with Crippen molar-refractivity contribution in [2.75, 3.05) is 6.54 Å². The smallest absolute Gasteiger partial charge is 0.250 e. The highest BCUT2D eigenvalue weighted by molar-refractivity contribution is 5.80. The van der Waals surface area contributed by atoms with Gasteiger partial charge in [0, 0.05) is 6.04 Å². The second kappa shape index (κ2) is 4.58. The van der Waals surface area contributed by atoms with E-state index in [2.05, 4.69) is 17.2 Å². The molecule has 2 unspecified atom stereocenters. The second-order valence-electron chi connectivity index (χ2n) is 3.63. The van der Waals surface area contributed by atoms with Gasteiger partial charge in [0.2, 0.25) is 0 Å². The fraction of sp³-hybridized carbons (Fsp3) is 0.889. The molecule has 1 heterocycles. The van der Waals surface area contributed by atoms with Crippen LogP contribution in [-0.4, -0.2) is 29.4 Å². The van der Waals surface area contributed by atoms with E-state index in [1.807, 2.05) is 6.92 Å². The van der Waals surface area contributed by atoms with E-state index in [0.717, 1.165) is 13.0 Å². The lowest BCUT2D eigenvalue weighted by atomic mass is 10.1. The highest BCUT2D eigenvalue weighted by atomic mass is 16.2. The number of carbonyl (C=O) groups is 1. The Balaban J connectivity index is 2.54. The Morgan fingerprint density at radius 3 is 3.00 bits per heavy atom. The molecule has 13 heavy (non-hydrogen) atoms. The minimum absolute atomic E-state index is 0.0830. The molecule has 0 bridgehead atoms. The Labute approximate surface area is 79.4 Å². The molecule has 2 atom stereocenters. The number of hydrogen-bond donors (Lipinski definition) is 2. The average molecular weight is 185 g/mol. The molecule has 4 heteroatoms. The van der Waals surface area contributed by atoms with Gasteiger partial charge in [-0.05, 0) is 32.7 Å². The maximum absolute atomic E-state index is 11.3. The van der Waals surface area contributed by atoms with Gasteiger partial charge in [0.15, 0.2) is 0 Å². The maximum atomic E-state index is 11.3. The molecule has 1 amide bonds. The van der Waals surface area contributed by atoms with Gasteiger partial charge in [-0.1, -0.05) is 6.92 Å². The molecule has 1 rings (SSSR count). The largest absolute Gasteiger partial charge is 0.293 e. The summed E-state index contributed by atoms with van der Waals surface area (Å²) >= 11 is 0. The molecule has 76 valence electrons. The number of nitrogens with two attached hydrogens (primary N) is 1. The van der Waals surface area contributed by atoms with Crippen molar-refractivity contribution in [1.82, 2.24) is 10.3 Å². The van der Waals surface area contributed by atoms with Crippen LogP contribution in [0.2, 0.25) is 0 Å². The van der Waals surface area contributed by atoms with Crippen molar-refractivity contribution >= 4 is 5.91 Å². The van der Waals surface area contributed by atoms with Gasteiger partial charge < -0.3 is 0 Å². The third kappa shape index (κ3) is 2.19. The van der Waals surface area contributed by atoms with Crippen molar-refractivity contribution in [2.45, 2.75) is 45.2 Å². The van der Waals surface area contributed by atoms with Gasteiger partial charge in [-0.2, -0.15) is 0 Å². The van der Waals surface area contributed by atoms with Gasteiger partial charge in [-0.3, -0.25) is 15.1 Å². The lowest BCUT2D eigenvalue weighted by Crippen LogP contribution is -2.49. The molecule has 0 aromatic carbocycles. The zero-order valence-corrected chi connectivity index (χ0v) is 8.42. The Kier molecular flexibility index (Phi) is 3.69. The van der Waals surface area contributed by atoms with Gasteiger partial charge in [-0.25, -0.2) is 5.84 Å². The number of likely N-dealkylation sites (tertiary alicyclic amines) is 1. The maximum Gasteiger partial charge on any atom is 0.250 e. The molecular weight excluding hydrogens is 166 g/mol. The van der Waals surface area contributed by atoms with Crippen LogP contribution in [0.4, 0.5) is 0 Å². The lowest BCUT2D eigenvalue weighted by Gasteiger charge is -2.28. The molecule has 0 saturated carbocycles. The molecule has 1 aliphatic rings. The summed E-state index contributed by atoms with van der Waals surface area (Å²) in [6, 6.07) is 0.477. The molecule has 1 saturated heterocycles. The molecule has 0 radical (unpaired) electrons. The highest BCUT2D eigenvalue weighted by Crippen LogP contribution is 2.22. The Bertz CT molecular complexity index is 184. The van der Waals surface area contributed by atoms with E-state index < -0.39 is 0 Å². The molecule has 0 aromatic rings. The van der Waals surface area contributed by atoms with E-state index in [1.165, 1.54) is 12.8 Å². The number of nitrogens with one attached hydrogen (secondary N) is 1. The van der Waals surface area contributed by atoms with Gasteiger partial charge in [0.25, 0.3) is 5.91 Å². The molecule has 0 aromatic heterocycles. The van der Waals surface area contributed by atoms with Crippen LogP contribution in [0.25, 0.3) is 0 Å². The summed E-state index contributed by atoms with van der Waals surface area (Å²) in [7, 11) is 0. The standard InChI is InChI=1S/C9H19N3O/c1-3-8-5-4-6-12(8)7(2)9(13)11-10/h7-8H,3-6,10H2,1-2H3,(H,11,13). The normalized spacial score (nSPS) is 25.9. The van der Waals surface area contributed by atoms with Crippen LogP contribution in [0.3, 0.4) is 0 Å². The summed E-state index contributed by atoms with van der Waals surface area (Å²) in [6.07, 6.45) is 3.52. The fourth-order valence-corrected chi connectivity index (χ4v) is 2.08. The van der Waals surface area contributed by atoms with E-state index >= 15 is 0 Å². The van der Waals surface area contributed by atoms with Gasteiger partial charge in [0.1, 0.15) is 0 Å². The summed E-state index contributed by atoms with van der Waals surface area (Å²) in [5, 5.41) is 0. The SMILES string of the molecule is CCC1CCCN1C(C)C(=O)NN. The Morgan fingerprint density at radius 2 is 2.46 bits per heavy atom. The summed E-state index contributed by atoms with van der Waals surface area (Å²) in [5.41, 5.74) is 2.21. The third-order valence-corrected chi connectivity index (χ3v) is 2.91. The first-order valence-electron chi connectivity index (χ1n) is 4.97. The molecule has 1 fully saturated rings. The predicted octanol–water partition coefficient (Wildman–Crippen LogP) is 0.239. The van der Waals surface area contributed by atoms with Crippen molar-refractivity contribution in [3.05, 3.63) is 0 Å². The van der Waals surface area contributed by atoms with Crippen molar-refractivity contribution in [3.63, 3.8) is 0 Å². The van der Waals surface area contributed by atoms with Crippen LogP contribution in [0.15, 0.2) is 0 Å². The van der Waals surface area contributed by atoms with Crippen molar-refractivity contribution in [3.8, 4) is 0 Å². The summed E-state index contributed by atoms with van der Waals surface area (Å²) in [5.74, 6) is 5.02. The minimum Gasteiger partial charge on any atom is -0.293 e. The number of nitrogens with zero attached hydrogens (tertiary/aromatic N) is 1. The highest BCUT2D eigenvalue weighted by Gasteiger charge is 2.30. The molecule has 0 spiro atoms. The number of hydrogen-bond acceptors (Lipinski definition) is 3. The number of amides is 1. The van der Waals surface area contributed by atoms with E-state index in [0.29, 0.717) is 6.04 Å². The lowest BCUT2D eigenvalue weighted by molar-refractivity contribution is -0.126. The van der Waals surface area contributed by atoms with Crippen molar-refractivity contribution < 1.29 is 4.79 Å². The summed E-state index contributed by atoms with van der Waals surface area (Å²) in [4.78, 5) is 13.5. The van der Waals surface area contributed by atoms with E-state index in [4.69, 9.17) is 5.84 Å². The van der Waals surface area contributed by atoms with E-state index in [-0.39, 0.29) is 11.9 Å². The zero-order chi connectivity index (χ0) is 9.84. The first-order chi connectivity index (χ1) is 6.20. The van der Waals surface area contributed by atoms with Gasteiger partial charge in [0.05, 0.1) is 6.04 Å². The van der Waals surface area contributed by atoms with Gasteiger partial charge in [-0.15, -0.1) is 0 Å². The number of carbonyl (C=O) groups excluding carboxylic acids is 1. The second-order valence-corrected chi connectivity index (χ2v) is 3.63. The first-order valence-corrected chi connectivity index (χ1v) is 4.97. The fourth-order valence-electron chi connectivity index (χ4n) is 2.08. The minimum atomic E-state index is -0.0857. The zero-order valence-electron chi connectivity index (χ0n) is 8.42. The average Bonchev–Trinajstić information content (AvgIpc) is 2.62. The van der Waals surface area contributed by atoms with Crippen LogP contribution in [0.5, 0.6) is 0 Å². The van der Waals surface area contributed by atoms with Crippen LogP contribution in [0.1, 0.15) is 33.1 Å². The molecular formula is C9H19N3O. The molecule has 3 N–H and O–H groups in total. The quantitative estimate of drug-likeness (QED) is 0.376. The first kappa shape index (κ1) is 10.5. The van der Waals surface area contributed by atoms with Crippen molar-refractivity contribution in [2.24, 2.45) is 5.84 Å². The van der Waals surface area contributed by atoms with Crippen LogP contribution >= 0.6 is 0 Å². The number of rotatable bonds is 3. The Morgan fingerprint density at radius 1 is 1.77 bits per heavy atom. The summed E-state index contributed by atoms with van der Waals surface area (Å²) in [6.45, 7) is 5.10. The van der Waals surface area contributed by atoms with E-state index in [9.17, 15) is 4.79 Å². The van der Waals surface area contributed by atoms with Crippen LogP contribution in [-0.2, 0) is 4.79 Å². The number of hydrazine groups is 1.